The average Bonchev–Trinajstić information content (AvgIpc) is 2.34. The number of ether oxygens (including phenoxy) is 1. The second-order valence-electron chi connectivity index (χ2n) is 5.62. The van der Waals surface area contributed by atoms with Crippen molar-refractivity contribution in [1.29, 1.82) is 0 Å². The summed E-state index contributed by atoms with van der Waals surface area (Å²) in [6, 6.07) is -0.138. The van der Waals surface area contributed by atoms with Crippen molar-refractivity contribution in [2.24, 2.45) is 11.8 Å². The minimum Gasteiger partial charge on any atom is -0.380 e. The fourth-order valence-electron chi connectivity index (χ4n) is 2.26. The van der Waals surface area contributed by atoms with Gasteiger partial charge in [-0.3, -0.25) is 0 Å². The first kappa shape index (κ1) is 16.9. The molecular weight excluding hydrogens is 264 g/mol. The fourth-order valence-corrected chi connectivity index (χ4v) is 4.07. The minimum absolute atomic E-state index is 0.138. The minimum atomic E-state index is -3.23. The molecule has 2 N–H and O–H groups in total. The van der Waals surface area contributed by atoms with Crippen LogP contribution in [-0.4, -0.2) is 46.5 Å². The molecule has 1 heterocycles. The molecule has 0 aromatic heterocycles. The number of piperidine rings is 1. The number of hydrogen-bond donors (Lipinski definition) is 2. The zero-order chi connectivity index (χ0) is 14.3. The molecule has 2 atom stereocenters. The number of rotatable bonds is 8. The highest BCUT2D eigenvalue weighted by Crippen LogP contribution is 2.13. The summed E-state index contributed by atoms with van der Waals surface area (Å²) >= 11 is 0. The molecule has 114 valence electrons. The second-order valence-corrected chi connectivity index (χ2v) is 7.42. The van der Waals surface area contributed by atoms with Gasteiger partial charge in [-0.15, -0.1) is 0 Å². The standard InChI is InChI=1S/C13H28N2O3S/c1-4-18-9-13(11(2)3)15-19(16,17)10-12-6-5-7-14-8-12/h11-15H,4-10H2,1-3H3. The molecule has 0 aromatic carbocycles. The molecule has 0 saturated carbocycles. The lowest BCUT2D eigenvalue weighted by atomic mass is 10.0. The largest absolute Gasteiger partial charge is 0.380 e. The smallest absolute Gasteiger partial charge is 0.212 e. The Kier molecular flexibility index (Phi) is 7.28. The van der Waals surface area contributed by atoms with E-state index in [2.05, 4.69) is 10.0 Å². The SMILES string of the molecule is CCOCC(NS(=O)(=O)CC1CCCNC1)C(C)C. The van der Waals surface area contributed by atoms with E-state index < -0.39 is 10.0 Å². The molecular formula is C13H28N2O3S. The van der Waals surface area contributed by atoms with Gasteiger partial charge in [0.1, 0.15) is 0 Å². The van der Waals surface area contributed by atoms with Crippen molar-refractivity contribution in [2.75, 3.05) is 32.1 Å². The van der Waals surface area contributed by atoms with Crippen molar-refractivity contribution in [3.63, 3.8) is 0 Å². The van der Waals surface area contributed by atoms with Crippen molar-refractivity contribution in [3.8, 4) is 0 Å². The summed E-state index contributed by atoms with van der Waals surface area (Å²) < 4.78 is 32.5. The van der Waals surface area contributed by atoms with Crippen LogP contribution in [0.5, 0.6) is 0 Å². The predicted molar refractivity (Wildman–Crippen MR) is 77.6 cm³/mol. The van der Waals surface area contributed by atoms with E-state index in [9.17, 15) is 8.42 Å². The highest BCUT2D eigenvalue weighted by Gasteiger charge is 2.25. The second kappa shape index (κ2) is 8.19. The summed E-state index contributed by atoms with van der Waals surface area (Å²) in [5.41, 5.74) is 0. The van der Waals surface area contributed by atoms with E-state index in [0.717, 1.165) is 25.9 Å². The molecule has 1 rings (SSSR count). The molecule has 0 bridgehead atoms. The Labute approximate surface area is 117 Å². The van der Waals surface area contributed by atoms with Crippen LogP contribution >= 0.6 is 0 Å². The van der Waals surface area contributed by atoms with Gasteiger partial charge in [0.25, 0.3) is 0 Å². The maximum atomic E-state index is 12.2. The van der Waals surface area contributed by atoms with Gasteiger partial charge in [-0.05, 0) is 44.7 Å². The Morgan fingerprint density at radius 1 is 1.42 bits per heavy atom. The Hall–Kier alpha value is -0.170. The van der Waals surface area contributed by atoms with Crippen molar-refractivity contribution < 1.29 is 13.2 Å². The van der Waals surface area contributed by atoms with Crippen molar-refractivity contribution in [3.05, 3.63) is 0 Å². The van der Waals surface area contributed by atoms with Crippen LogP contribution in [0.4, 0.5) is 0 Å². The summed E-state index contributed by atoms with van der Waals surface area (Å²) in [6.07, 6.45) is 2.05. The molecule has 0 aromatic rings. The van der Waals surface area contributed by atoms with Crippen molar-refractivity contribution in [1.82, 2.24) is 10.0 Å². The van der Waals surface area contributed by atoms with E-state index in [-0.39, 0.29) is 23.6 Å². The third-order valence-electron chi connectivity index (χ3n) is 3.49. The van der Waals surface area contributed by atoms with Crippen LogP contribution in [0.25, 0.3) is 0 Å². The summed E-state index contributed by atoms with van der Waals surface area (Å²) in [5, 5.41) is 3.25. The lowest BCUT2D eigenvalue weighted by Crippen LogP contribution is -2.45. The topological polar surface area (TPSA) is 67.4 Å². The molecule has 0 aliphatic carbocycles. The van der Waals surface area contributed by atoms with Gasteiger partial charge in [-0.2, -0.15) is 0 Å². The van der Waals surface area contributed by atoms with Crippen molar-refractivity contribution >= 4 is 10.0 Å². The molecule has 1 aliphatic rings. The third-order valence-corrected chi connectivity index (χ3v) is 5.06. The Morgan fingerprint density at radius 2 is 2.16 bits per heavy atom. The van der Waals surface area contributed by atoms with Gasteiger partial charge in [-0.25, -0.2) is 13.1 Å². The summed E-state index contributed by atoms with van der Waals surface area (Å²) in [4.78, 5) is 0. The van der Waals surface area contributed by atoms with Gasteiger partial charge in [0, 0.05) is 12.6 Å². The number of sulfonamides is 1. The zero-order valence-corrected chi connectivity index (χ0v) is 13.1. The maximum absolute atomic E-state index is 12.2. The lowest BCUT2D eigenvalue weighted by molar-refractivity contribution is 0.116. The molecule has 0 spiro atoms. The van der Waals surface area contributed by atoms with Crippen molar-refractivity contribution in [2.45, 2.75) is 39.7 Å². The first-order chi connectivity index (χ1) is 8.94. The number of hydrogen-bond acceptors (Lipinski definition) is 4. The van der Waals surface area contributed by atoms with Gasteiger partial charge in [-0.1, -0.05) is 13.8 Å². The van der Waals surface area contributed by atoms with Gasteiger partial charge < -0.3 is 10.1 Å². The van der Waals surface area contributed by atoms with Crippen LogP contribution in [-0.2, 0) is 14.8 Å². The molecule has 0 amide bonds. The molecule has 0 radical (unpaired) electrons. The van der Waals surface area contributed by atoms with Crippen LogP contribution in [0, 0.1) is 11.8 Å². The van der Waals surface area contributed by atoms with E-state index in [1.54, 1.807) is 0 Å². The molecule has 5 nitrogen and oxygen atoms in total. The normalized spacial score (nSPS) is 22.6. The average molecular weight is 292 g/mol. The van der Waals surface area contributed by atoms with Crippen LogP contribution in [0.2, 0.25) is 0 Å². The van der Waals surface area contributed by atoms with Gasteiger partial charge in [0.2, 0.25) is 10.0 Å². The van der Waals surface area contributed by atoms with Crippen LogP contribution < -0.4 is 10.0 Å². The first-order valence-electron chi connectivity index (χ1n) is 7.23. The Balaban J connectivity index is 2.49. The lowest BCUT2D eigenvalue weighted by Gasteiger charge is -2.26. The van der Waals surface area contributed by atoms with Gasteiger partial charge >= 0.3 is 0 Å². The molecule has 19 heavy (non-hydrogen) atoms. The summed E-state index contributed by atoms with van der Waals surface area (Å²) in [6.45, 7) is 8.79. The van der Waals surface area contributed by atoms with E-state index in [4.69, 9.17) is 4.74 Å². The molecule has 2 unspecified atom stereocenters. The summed E-state index contributed by atoms with van der Waals surface area (Å²) in [5.74, 6) is 0.673. The van der Waals surface area contributed by atoms with E-state index in [0.29, 0.717) is 13.2 Å². The summed E-state index contributed by atoms with van der Waals surface area (Å²) in [7, 11) is -3.23. The fraction of sp³-hybridized carbons (Fsp3) is 1.00. The Bertz CT molecular complexity index is 338. The predicted octanol–water partition coefficient (Wildman–Crippen LogP) is 0.967. The third kappa shape index (κ3) is 6.70. The number of nitrogens with one attached hydrogen (secondary N) is 2. The van der Waals surface area contributed by atoms with E-state index in [1.165, 1.54) is 0 Å². The molecule has 6 heteroatoms. The zero-order valence-electron chi connectivity index (χ0n) is 12.3. The van der Waals surface area contributed by atoms with E-state index >= 15 is 0 Å². The monoisotopic (exact) mass is 292 g/mol. The van der Waals surface area contributed by atoms with E-state index in [1.807, 2.05) is 20.8 Å². The quantitative estimate of drug-likeness (QED) is 0.699. The Morgan fingerprint density at radius 3 is 2.68 bits per heavy atom. The van der Waals surface area contributed by atoms with Gasteiger partial charge in [0.15, 0.2) is 0 Å². The van der Waals surface area contributed by atoms with Gasteiger partial charge in [0.05, 0.1) is 12.4 Å². The molecule has 1 saturated heterocycles. The highest BCUT2D eigenvalue weighted by atomic mass is 32.2. The molecule has 1 aliphatic heterocycles. The maximum Gasteiger partial charge on any atom is 0.212 e. The van der Waals surface area contributed by atoms with Crippen LogP contribution in [0.1, 0.15) is 33.6 Å². The first-order valence-corrected chi connectivity index (χ1v) is 8.88. The van der Waals surface area contributed by atoms with Crippen LogP contribution in [0.15, 0.2) is 0 Å². The highest BCUT2D eigenvalue weighted by molar-refractivity contribution is 7.89. The molecule has 1 fully saturated rings. The van der Waals surface area contributed by atoms with Crippen LogP contribution in [0.3, 0.4) is 0 Å².